The molecular weight excluding hydrogens is 200 g/mol. The van der Waals surface area contributed by atoms with Crippen LogP contribution in [0.4, 0.5) is 0 Å². The van der Waals surface area contributed by atoms with Crippen molar-refractivity contribution in [3.05, 3.63) is 65.7 Å². The number of phenols is 1. The Morgan fingerprint density at radius 3 is 2.06 bits per heavy atom. The molecule has 0 amide bonds. The number of aromatic hydroxyl groups is 1. The van der Waals surface area contributed by atoms with Crippen LogP contribution in [-0.2, 0) is 0 Å². The molecule has 2 aromatic rings. The number of carbonyl (C=O) groups is 1. The van der Waals surface area contributed by atoms with Gasteiger partial charge in [-0.05, 0) is 24.6 Å². The molecule has 0 atom stereocenters. The van der Waals surface area contributed by atoms with E-state index in [2.05, 4.69) is 0 Å². The number of carbonyl (C=O) groups excluding carboxylic acids is 1. The van der Waals surface area contributed by atoms with Crippen LogP contribution in [0.25, 0.3) is 0 Å². The summed E-state index contributed by atoms with van der Waals surface area (Å²) in [4.78, 5) is 10.0. The lowest BCUT2D eigenvalue weighted by molar-refractivity contribution is 0.112. The minimum atomic E-state index is 0.338. The maximum atomic E-state index is 10.0. The summed E-state index contributed by atoms with van der Waals surface area (Å²) in [6.45, 7) is 1.94. The van der Waals surface area contributed by atoms with Crippen molar-refractivity contribution in [3.8, 4) is 5.75 Å². The summed E-state index contributed by atoms with van der Waals surface area (Å²) >= 11 is 0. The van der Waals surface area contributed by atoms with Gasteiger partial charge in [0, 0.05) is 5.56 Å². The normalized spacial score (nSPS) is 8.81. The number of benzene rings is 2. The number of rotatable bonds is 1. The Balaban J connectivity index is 0.000000160. The Morgan fingerprint density at radius 2 is 1.69 bits per heavy atom. The first-order valence-electron chi connectivity index (χ1n) is 4.98. The van der Waals surface area contributed by atoms with Gasteiger partial charge in [0.1, 0.15) is 12.0 Å². The smallest absolute Gasteiger partial charge is 0.150 e. The minimum absolute atomic E-state index is 0.338. The van der Waals surface area contributed by atoms with Gasteiger partial charge in [-0.15, -0.1) is 0 Å². The summed E-state index contributed by atoms with van der Waals surface area (Å²) in [5, 5.41) is 8.81. The van der Waals surface area contributed by atoms with Gasteiger partial charge in [0.25, 0.3) is 0 Å². The van der Waals surface area contributed by atoms with Crippen molar-refractivity contribution in [3.63, 3.8) is 0 Å². The molecule has 0 radical (unpaired) electrons. The Morgan fingerprint density at radius 1 is 1.00 bits per heavy atom. The molecule has 82 valence electrons. The summed E-state index contributed by atoms with van der Waals surface area (Å²) in [6, 6.07) is 16.2. The van der Waals surface area contributed by atoms with Gasteiger partial charge in [0.15, 0.2) is 0 Å². The second-order valence-electron chi connectivity index (χ2n) is 3.37. The average Bonchev–Trinajstić information content (AvgIpc) is 2.31. The third kappa shape index (κ3) is 4.42. The lowest BCUT2D eigenvalue weighted by atomic mass is 10.2. The molecule has 2 heteroatoms. The van der Waals surface area contributed by atoms with Crippen LogP contribution < -0.4 is 0 Å². The van der Waals surface area contributed by atoms with E-state index in [-0.39, 0.29) is 0 Å². The van der Waals surface area contributed by atoms with Gasteiger partial charge in [0.2, 0.25) is 0 Å². The predicted molar refractivity (Wildman–Crippen MR) is 64.7 cm³/mol. The van der Waals surface area contributed by atoms with Crippen LogP contribution in [0, 0.1) is 6.92 Å². The van der Waals surface area contributed by atoms with Crippen molar-refractivity contribution in [2.45, 2.75) is 6.92 Å². The number of phenolic OH excluding ortho intramolecular Hbond substituents is 1. The van der Waals surface area contributed by atoms with Gasteiger partial charge in [-0.25, -0.2) is 0 Å². The number of hydrogen-bond acceptors (Lipinski definition) is 2. The van der Waals surface area contributed by atoms with Crippen molar-refractivity contribution in [1.82, 2.24) is 0 Å². The molecule has 0 bridgehead atoms. The molecule has 2 aromatic carbocycles. The van der Waals surface area contributed by atoms with E-state index in [1.165, 1.54) is 0 Å². The van der Waals surface area contributed by atoms with Crippen LogP contribution in [-0.4, -0.2) is 11.4 Å². The van der Waals surface area contributed by atoms with E-state index in [0.29, 0.717) is 5.75 Å². The van der Waals surface area contributed by atoms with Crippen molar-refractivity contribution >= 4 is 6.29 Å². The number of hydrogen-bond donors (Lipinski definition) is 1. The zero-order chi connectivity index (χ0) is 11.8. The highest BCUT2D eigenvalue weighted by Crippen LogP contribution is 2.08. The molecule has 0 spiro atoms. The van der Waals surface area contributed by atoms with Crippen LogP contribution in [0.3, 0.4) is 0 Å². The van der Waals surface area contributed by atoms with Gasteiger partial charge in [-0.3, -0.25) is 4.79 Å². The monoisotopic (exact) mass is 214 g/mol. The molecule has 2 nitrogen and oxygen atoms in total. The summed E-state index contributed by atoms with van der Waals surface area (Å²) in [6.07, 6.45) is 0.833. The zero-order valence-corrected chi connectivity index (χ0v) is 9.13. The first-order chi connectivity index (χ1) is 7.72. The van der Waals surface area contributed by atoms with E-state index in [9.17, 15) is 4.79 Å². The minimum Gasteiger partial charge on any atom is -0.508 e. The topological polar surface area (TPSA) is 37.3 Å². The van der Waals surface area contributed by atoms with Gasteiger partial charge < -0.3 is 5.11 Å². The fraction of sp³-hybridized carbons (Fsp3) is 0.0714. The molecule has 0 aromatic heterocycles. The molecule has 0 saturated carbocycles. The van der Waals surface area contributed by atoms with Crippen LogP contribution in [0.2, 0.25) is 0 Å². The van der Waals surface area contributed by atoms with E-state index in [1.54, 1.807) is 24.3 Å². The summed E-state index contributed by atoms with van der Waals surface area (Å²) < 4.78 is 0. The Kier molecular flexibility index (Phi) is 4.80. The second kappa shape index (κ2) is 6.40. The van der Waals surface area contributed by atoms with E-state index < -0.39 is 0 Å². The highest BCUT2D eigenvalue weighted by Gasteiger charge is 1.83. The Hall–Kier alpha value is -2.09. The van der Waals surface area contributed by atoms with Gasteiger partial charge >= 0.3 is 0 Å². The van der Waals surface area contributed by atoms with Crippen LogP contribution >= 0.6 is 0 Å². The highest BCUT2D eigenvalue weighted by molar-refractivity contribution is 5.74. The number of aldehydes is 1. The summed E-state index contributed by atoms with van der Waals surface area (Å²) in [5.74, 6) is 0.338. The molecule has 16 heavy (non-hydrogen) atoms. The molecule has 0 unspecified atom stereocenters. The fourth-order valence-corrected chi connectivity index (χ4v) is 1.16. The predicted octanol–water partition coefficient (Wildman–Crippen LogP) is 3.20. The van der Waals surface area contributed by atoms with Crippen molar-refractivity contribution in [1.29, 1.82) is 0 Å². The molecule has 1 N–H and O–H groups in total. The standard InChI is InChI=1S/C7H8O.C7H6O/c1-6-3-2-4-7(8)5-6;8-6-7-4-2-1-3-5-7/h2-5,8H,1H3;1-6H. The fourth-order valence-electron chi connectivity index (χ4n) is 1.16. The molecule has 0 aliphatic carbocycles. The van der Waals surface area contributed by atoms with Gasteiger partial charge in [0.05, 0.1) is 0 Å². The van der Waals surface area contributed by atoms with E-state index in [0.717, 1.165) is 17.4 Å². The van der Waals surface area contributed by atoms with Crippen molar-refractivity contribution in [2.75, 3.05) is 0 Å². The van der Waals surface area contributed by atoms with Gasteiger partial charge in [-0.1, -0.05) is 42.5 Å². The third-order valence-electron chi connectivity index (χ3n) is 1.94. The quantitative estimate of drug-likeness (QED) is 0.740. The van der Waals surface area contributed by atoms with Crippen molar-refractivity contribution in [2.24, 2.45) is 0 Å². The maximum absolute atomic E-state index is 10.0. The van der Waals surface area contributed by atoms with Crippen LogP contribution in [0.1, 0.15) is 15.9 Å². The molecule has 0 aliphatic rings. The van der Waals surface area contributed by atoms with E-state index >= 15 is 0 Å². The van der Waals surface area contributed by atoms with E-state index in [4.69, 9.17) is 5.11 Å². The average molecular weight is 214 g/mol. The lowest BCUT2D eigenvalue weighted by Crippen LogP contribution is -1.73. The summed E-state index contributed by atoms with van der Waals surface area (Å²) in [7, 11) is 0. The van der Waals surface area contributed by atoms with Gasteiger partial charge in [-0.2, -0.15) is 0 Å². The Bertz CT molecular complexity index is 418. The molecular formula is C14H14O2. The molecule has 0 heterocycles. The maximum Gasteiger partial charge on any atom is 0.150 e. The molecule has 2 rings (SSSR count). The number of aryl methyl sites for hydroxylation is 1. The Labute approximate surface area is 95.2 Å². The third-order valence-corrected chi connectivity index (χ3v) is 1.94. The molecule has 0 aliphatic heterocycles. The van der Waals surface area contributed by atoms with Crippen molar-refractivity contribution < 1.29 is 9.90 Å². The molecule has 0 fully saturated rings. The van der Waals surface area contributed by atoms with Crippen LogP contribution in [0.5, 0.6) is 5.75 Å². The largest absolute Gasteiger partial charge is 0.508 e. The first-order valence-corrected chi connectivity index (χ1v) is 4.98. The molecule has 0 saturated heterocycles. The lowest BCUT2D eigenvalue weighted by Gasteiger charge is -1.89. The van der Waals surface area contributed by atoms with E-state index in [1.807, 2.05) is 37.3 Å². The van der Waals surface area contributed by atoms with Crippen LogP contribution in [0.15, 0.2) is 54.6 Å². The SMILES string of the molecule is Cc1cccc(O)c1.O=Cc1ccccc1. The first kappa shape index (κ1) is 12.0. The zero-order valence-electron chi connectivity index (χ0n) is 9.13. The summed E-state index contributed by atoms with van der Waals surface area (Å²) in [5.41, 5.74) is 1.82. The second-order valence-corrected chi connectivity index (χ2v) is 3.37. The highest BCUT2D eigenvalue weighted by atomic mass is 16.3.